The van der Waals surface area contributed by atoms with Crippen LogP contribution in [0.4, 0.5) is 28.4 Å². The van der Waals surface area contributed by atoms with E-state index in [4.69, 9.17) is 32.9 Å². The van der Waals surface area contributed by atoms with Crippen LogP contribution in [0.15, 0.2) is 165 Å². The SMILES string of the molecule is [C-]#[N+]c1cc2c(-c3cccc(C)c3C)cn([C@@H]3CC[C@@H](O)C3)c2cc1C.[C-]#[N+]c1cc2c(-c3cccc(C)c3C)cn([C@@H]3CC[C@H](O)C3)c2cc1C.[C-]#[N+]c1cc2c(-c3cncc(C)c3C)cn(C3CCC(O)CC3)c2cc1C.[C-]#[N+]c1cc2c(-c3cncc(C)c3C)cn([C@@H]3CC[C@@H](O)C3)c2cc1C.[C-]#[N+]c1cc2c(-c3cncc(C)c3C)cn([C@@H]3CC[C@H](O)C3)c2cc1C. The number of pyridine rings is 3. The van der Waals surface area contributed by atoms with Crippen LogP contribution in [0.25, 0.3) is 134 Å². The molecule has 8 aromatic heterocycles. The molecule has 15 aromatic rings. The van der Waals surface area contributed by atoms with Crippen LogP contribution in [-0.2, 0) is 0 Å². The highest BCUT2D eigenvalue weighted by molar-refractivity contribution is 6.04. The minimum absolute atomic E-state index is 0.166. The van der Waals surface area contributed by atoms with Gasteiger partial charge in [-0.1, -0.05) is 36.4 Å². The number of rotatable bonds is 10. The molecule has 7 aromatic carbocycles. The molecule has 8 atom stereocenters. The molecule has 0 bridgehead atoms. The van der Waals surface area contributed by atoms with Gasteiger partial charge < -0.3 is 48.4 Å². The lowest BCUT2D eigenvalue weighted by Gasteiger charge is -2.27. The van der Waals surface area contributed by atoms with Crippen molar-refractivity contribution < 1.29 is 25.5 Å². The number of hydrogen-bond acceptors (Lipinski definition) is 8. The van der Waals surface area contributed by atoms with Gasteiger partial charge in [-0.25, -0.2) is 24.2 Å². The summed E-state index contributed by atoms with van der Waals surface area (Å²) in [5.74, 6) is 0. The van der Waals surface area contributed by atoms with E-state index in [2.05, 4.69) is 229 Å². The Bertz CT molecular complexity index is 6500. The average Bonchev–Trinajstić information content (AvgIpc) is 1.63. The molecule has 5 aliphatic carbocycles. The van der Waals surface area contributed by atoms with Gasteiger partial charge in [-0.05, 0) is 389 Å². The molecule has 5 fully saturated rings. The van der Waals surface area contributed by atoms with Crippen LogP contribution in [0.2, 0.25) is 0 Å². The van der Waals surface area contributed by atoms with Crippen LogP contribution in [0.5, 0.6) is 0 Å². The largest absolute Gasteiger partial charge is 0.393 e. The third-order valence-electron chi connectivity index (χ3n) is 29.6. The van der Waals surface area contributed by atoms with Crippen LogP contribution in [0, 0.1) is 137 Å². The standard InChI is InChI=1S/C23H25N3O.2C23H24N2O.2C22H23N3O/c1-14-9-23-19(10-22(14)24-4)21(20-12-25-11-15(2)16(20)3)13-26(23)17-5-7-18(27)8-6-17;2*1-14-6-5-7-19(16(14)3)21-13-25(17-8-9-18(26)11-17)23-10-15(2)22(24-4)12-20(21)23;2*1-13-7-22-18(9-21(13)23-4)20(19-11-24-10-14(2)15(19)3)12-25(22)16-5-6-17(26)8-16/h9-13,17-18,27H,5-8H2,1-3H3;2*5-7,10,12-13,17-18,26H,8-9,11H2,1-3H3;2*7,9-12,16-17,26H,5-6,8H2,1-3H3/t;17-,18+;17-,18-;16-,17+;16-,17-/m.1111/s1. The van der Waals surface area contributed by atoms with E-state index in [1.165, 1.54) is 83.3 Å². The van der Waals surface area contributed by atoms with Gasteiger partial charge in [0.25, 0.3) is 0 Å². The number of aliphatic hydroxyl groups is 5. The van der Waals surface area contributed by atoms with Crippen molar-refractivity contribution in [3.8, 4) is 55.6 Å². The van der Waals surface area contributed by atoms with Crippen molar-refractivity contribution in [1.82, 2.24) is 37.8 Å². The summed E-state index contributed by atoms with van der Waals surface area (Å²) >= 11 is 0. The molecular formula is C113H119N13O5. The predicted octanol–water partition coefficient (Wildman–Crippen LogP) is 27.9. The Morgan fingerprint density at radius 3 is 0.679 bits per heavy atom. The van der Waals surface area contributed by atoms with Crippen molar-refractivity contribution in [2.24, 2.45) is 0 Å². The Morgan fingerprint density at radius 2 is 0.450 bits per heavy atom. The van der Waals surface area contributed by atoms with Gasteiger partial charge in [0.2, 0.25) is 0 Å². The first-order valence-electron chi connectivity index (χ1n) is 46.4. The summed E-state index contributed by atoms with van der Waals surface area (Å²) in [5, 5.41) is 55.5. The van der Waals surface area contributed by atoms with Gasteiger partial charge in [-0.2, -0.15) is 0 Å². The molecule has 131 heavy (non-hydrogen) atoms. The second-order valence-electron chi connectivity index (χ2n) is 37.9. The van der Waals surface area contributed by atoms with Gasteiger partial charge >= 0.3 is 0 Å². The number of aromatic nitrogens is 8. The Kier molecular flexibility index (Phi) is 26.6. The quantitative estimate of drug-likeness (QED) is 0.0837. The maximum atomic E-state index is 10.0. The summed E-state index contributed by atoms with van der Waals surface area (Å²) in [4.78, 5) is 31.8. The summed E-state index contributed by atoms with van der Waals surface area (Å²) in [6, 6.07) is 35.3. The molecule has 0 amide bonds. The molecule has 20 rings (SSSR count). The molecular weight excluding hydrogens is 1620 g/mol. The first-order chi connectivity index (χ1) is 63.0. The monoisotopic (exact) mass is 1740 g/mol. The van der Waals surface area contributed by atoms with Gasteiger partial charge in [-0.15, -0.1) is 0 Å². The molecule has 18 heteroatoms. The predicted molar refractivity (Wildman–Crippen MR) is 532 cm³/mol. The summed E-state index contributed by atoms with van der Waals surface area (Å²) in [7, 11) is 0. The van der Waals surface area contributed by atoms with E-state index in [0.29, 0.717) is 58.6 Å². The summed E-state index contributed by atoms with van der Waals surface area (Å²) in [6.07, 6.45) is 35.8. The van der Waals surface area contributed by atoms with E-state index < -0.39 is 0 Å². The van der Waals surface area contributed by atoms with Crippen molar-refractivity contribution >= 4 is 83.0 Å². The van der Waals surface area contributed by atoms with Crippen molar-refractivity contribution in [3.63, 3.8) is 0 Å². The van der Waals surface area contributed by atoms with Crippen LogP contribution < -0.4 is 0 Å². The molecule has 8 heterocycles. The molecule has 5 aliphatic rings. The summed E-state index contributed by atoms with van der Waals surface area (Å²) in [6.45, 7) is 68.7. The number of aryl methyl sites for hydroxylation is 10. The highest BCUT2D eigenvalue weighted by atomic mass is 16.3. The summed E-state index contributed by atoms with van der Waals surface area (Å²) < 4.78 is 11.7. The highest BCUT2D eigenvalue weighted by Crippen LogP contribution is 2.49. The lowest BCUT2D eigenvalue weighted by atomic mass is 9.93. The Morgan fingerprint density at radius 1 is 0.237 bits per heavy atom. The minimum atomic E-state index is -0.216. The van der Waals surface area contributed by atoms with Gasteiger partial charge in [0.15, 0.2) is 28.4 Å². The molecule has 666 valence electrons. The zero-order valence-corrected chi connectivity index (χ0v) is 78.2. The molecule has 0 aliphatic heterocycles. The van der Waals surface area contributed by atoms with Crippen LogP contribution in [-0.4, -0.2) is 93.8 Å². The Balaban J connectivity index is 0.000000120. The third kappa shape index (κ3) is 18.0. The van der Waals surface area contributed by atoms with E-state index in [1.54, 1.807) is 0 Å². The number of hydrogen-bond donors (Lipinski definition) is 5. The van der Waals surface area contributed by atoms with Crippen molar-refractivity contribution in [1.29, 1.82) is 0 Å². The molecule has 5 N–H and O–H groups in total. The van der Waals surface area contributed by atoms with Crippen molar-refractivity contribution in [2.75, 3.05) is 0 Å². The number of nitrogens with zero attached hydrogens (tertiary/aromatic N) is 13. The van der Waals surface area contributed by atoms with E-state index in [1.807, 2.05) is 102 Å². The molecule has 18 nitrogen and oxygen atoms in total. The van der Waals surface area contributed by atoms with Crippen LogP contribution in [0.1, 0.15) is 216 Å². The first-order valence-corrected chi connectivity index (χ1v) is 46.4. The van der Waals surface area contributed by atoms with E-state index in [9.17, 15) is 25.5 Å². The maximum absolute atomic E-state index is 10.0. The molecule has 0 spiro atoms. The van der Waals surface area contributed by atoms with Gasteiger partial charge in [0.05, 0.1) is 63.4 Å². The third-order valence-corrected chi connectivity index (χ3v) is 29.6. The zero-order chi connectivity index (χ0) is 92.8. The fourth-order valence-corrected chi connectivity index (χ4v) is 21.0. The molecule has 0 radical (unpaired) electrons. The van der Waals surface area contributed by atoms with Crippen molar-refractivity contribution in [3.05, 3.63) is 306 Å². The zero-order valence-electron chi connectivity index (χ0n) is 78.2. The minimum Gasteiger partial charge on any atom is -0.393 e. The first kappa shape index (κ1) is 91.3. The van der Waals surface area contributed by atoms with Crippen molar-refractivity contribution in [2.45, 2.75) is 267 Å². The molecule has 5 saturated carbocycles. The second-order valence-corrected chi connectivity index (χ2v) is 37.9. The lowest BCUT2D eigenvalue weighted by molar-refractivity contribution is 0.111. The maximum Gasteiger partial charge on any atom is 0.190 e. The van der Waals surface area contributed by atoms with E-state index in [0.717, 1.165) is 213 Å². The highest BCUT2D eigenvalue weighted by Gasteiger charge is 2.33. The number of fused-ring (bicyclic) bond motifs is 5. The molecule has 0 unspecified atom stereocenters. The number of aliphatic hydroxyl groups excluding tert-OH is 5. The van der Waals surface area contributed by atoms with Gasteiger partial charge in [-0.3, -0.25) is 15.0 Å². The second kappa shape index (κ2) is 38.2. The average molecular weight is 1740 g/mol. The van der Waals surface area contributed by atoms with E-state index >= 15 is 0 Å². The lowest BCUT2D eigenvalue weighted by Crippen LogP contribution is -2.20. The fourth-order valence-electron chi connectivity index (χ4n) is 21.0. The van der Waals surface area contributed by atoms with Gasteiger partial charge in [0.1, 0.15) is 0 Å². The normalized spacial score (nSPS) is 19.8. The Hall–Kier alpha value is -13.1. The van der Waals surface area contributed by atoms with E-state index in [-0.39, 0.29) is 30.5 Å². The molecule has 0 saturated heterocycles. The van der Waals surface area contributed by atoms with Gasteiger partial charge in [0, 0.05) is 170 Å². The fraction of sp³-hybridized carbons (Fsp3) is 0.363. The van der Waals surface area contributed by atoms with Crippen LogP contribution in [0.3, 0.4) is 0 Å². The summed E-state index contributed by atoms with van der Waals surface area (Å²) in [5.41, 5.74) is 38.2. The Labute approximate surface area is 770 Å². The smallest absolute Gasteiger partial charge is 0.190 e. The topological polar surface area (TPSA) is 186 Å². The van der Waals surface area contributed by atoms with Crippen LogP contribution >= 0.6 is 0 Å². The number of benzene rings is 7.